The van der Waals surface area contributed by atoms with Crippen molar-refractivity contribution >= 4 is 46.8 Å². The number of benzene rings is 4. The SMILES string of the molecule is O=C(/C(=C\c1ccc(F)c([N+](=O)[O-])c1)SCc1ccc(F)cc1)c1ccc(SCc2ccc(F)cc2)c([N+](=O)[O-])c1. The first kappa shape index (κ1) is 29.6. The molecule has 0 unspecified atom stereocenters. The number of hydrogen-bond acceptors (Lipinski definition) is 7. The summed E-state index contributed by atoms with van der Waals surface area (Å²) < 4.78 is 40.4. The molecule has 0 aliphatic carbocycles. The van der Waals surface area contributed by atoms with Crippen LogP contribution in [0, 0.1) is 37.7 Å². The first-order chi connectivity index (χ1) is 19.6. The Balaban J connectivity index is 1.66. The maximum Gasteiger partial charge on any atom is 0.305 e. The van der Waals surface area contributed by atoms with Crippen molar-refractivity contribution in [1.29, 1.82) is 0 Å². The molecular weight excluding hydrogens is 577 g/mol. The molecule has 0 amide bonds. The van der Waals surface area contributed by atoms with Crippen LogP contribution in [-0.4, -0.2) is 15.6 Å². The highest BCUT2D eigenvalue weighted by Gasteiger charge is 2.22. The minimum atomic E-state index is -1.04. The van der Waals surface area contributed by atoms with Crippen molar-refractivity contribution in [3.8, 4) is 0 Å². The molecule has 0 saturated carbocycles. The Bertz CT molecular complexity index is 1650. The third-order valence-corrected chi connectivity index (χ3v) is 7.95. The van der Waals surface area contributed by atoms with Crippen LogP contribution < -0.4 is 0 Å². The van der Waals surface area contributed by atoms with Gasteiger partial charge in [0, 0.05) is 29.2 Å². The van der Waals surface area contributed by atoms with Gasteiger partial charge in [-0.3, -0.25) is 25.0 Å². The van der Waals surface area contributed by atoms with Crippen molar-refractivity contribution in [1.82, 2.24) is 0 Å². The van der Waals surface area contributed by atoms with E-state index >= 15 is 0 Å². The number of carbonyl (C=O) groups excluding carboxylic acids is 1. The molecule has 0 aliphatic rings. The summed E-state index contributed by atoms with van der Waals surface area (Å²) in [6, 6.07) is 18.5. The predicted octanol–water partition coefficient (Wildman–Crippen LogP) is 8.37. The lowest BCUT2D eigenvalue weighted by Crippen LogP contribution is -2.04. The lowest BCUT2D eigenvalue weighted by Gasteiger charge is -2.10. The molecule has 0 N–H and O–H groups in total. The van der Waals surface area contributed by atoms with Crippen LogP contribution in [0.5, 0.6) is 0 Å². The van der Waals surface area contributed by atoms with E-state index < -0.39 is 38.8 Å². The van der Waals surface area contributed by atoms with Gasteiger partial charge >= 0.3 is 5.69 Å². The quantitative estimate of drug-likeness (QED) is 0.0563. The van der Waals surface area contributed by atoms with Gasteiger partial charge in [-0.1, -0.05) is 30.3 Å². The molecule has 0 radical (unpaired) electrons. The van der Waals surface area contributed by atoms with Crippen LogP contribution in [0.2, 0.25) is 0 Å². The number of nitro groups is 2. The molecule has 41 heavy (non-hydrogen) atoms. The summed E-state index contributed by atoms with van der Waals surface area (Å²) in [7, 11) is 0. The number of hydrogen-bond donors (Lipinski definition) is 0. The van der Waals surface area contributed by atoms with Gasteiger partial charge in [0.05, 0.1) is 19.6 Å². The molecule has 208 valence electrons. The highest BCUT2D eigenvalue weighted by Crippen LogP contribution is 2.35. The number of allylic oxidation sites excluding steroid dienone is 1. The largest absolute Gasteiger partial charge is 0.305 e. The van der Waals surface area contributed by atoms with Gasteiger partial charge in [-0.25, -0.2) is 8.78 Å². The molecule has 0 aliphatic heterocycles. The molecule has 12 heteroatoms. The van der Waals surface area contributed by atoms with Crippen molar-refractivity contribution < 1.29 is 27.8 Å². The number of thioether (sulfide) groups is 2. The van der Waals surface area contributed by atoms with Gasteiger partial charge in [-0.05, 0) is 65.2 Å². The molecule has 4 aromatic rings. The zero-order valence-corrected chi connectivity index (χ0v) is 22.6. The average Bonchev–Trinajstić information content (AvgIpc) is 2.96. The summed E-state index contributed by atoms with van der Waals surface area (Å²) in [6.07, 6.45) is 1.34. The Labute approximate surface area is 240 Å². The number of carbonyl (C=O) groups is 1. The fourth-order valence-electron chi connectivity index (χ4n) is 3.63. The lowest BCUT2D eigenvalue weighted by atomic mass is 10.1. The zero-order valence-electron chi connectivity index (χ0n) is 21.0. The number of rotatable bonds is 11. The van der Waals surface area contributed by atoms with Crippen LogP contribution in [0.1, 0.15) is 27.0 Å². The molecule has 4 rings (SSSR count). The summed E-state index contributed by atoms with van der Waals surface area (Å²) in [4.78, 5) is 35.5. The van der Waals surface area contributed by atoms with Gasteiger partial charge in [0.2, 0.25) is 5.82 Å². The maximum absolute atomic E-state index is 13.9. The van der Waals surface area contributed by atoms with Crippen LogP contribution in [0.4, 0.5) is 24.5 Å². The van der Waals surface area contributed by atoms with Crippen molar-refractivity contribution in [2.45, 2.75) is 16.4 Å². The van der Waals surface area contributed by atoms with E-state index in [0.717, 1.165) is 47.3 Å². The highest BCUT2D eigenvalue weighted by molar-refractivity contribution is 8.03. The van der Waals surface area contributed by atoms with Crippen molar-refractivity contribution in [2.75, 3.05) is 0 Å². The molecule has 4 aromatic carbocycles. The Morgan fingerprint density at radius 1 is 0.732 bits per heavy atom. The molecule has 0 atom stereocenters. The number of nitro benzene ring substituents is 2. The fraction of sp³-hybridized carbons (Fsp3) is 0.0690. The smallest absolute Gasteiger partial charge is 0.288 e. The summed E-state index contributed by atoms with van der Waals surface area (Å²) in [5.41, 5.74) is 0.530. The summed E-state index contributed by atoms with van der Waals surface area (Å²) in [5.74, 6) is -1.92. The van der Waals surface area contributed by atoms with E-state index in [0.29, 0.717) is 16.2 Å². The maximum atomic E-state index is 13.9. The molecular formula is C29H19F3N2O5S2. The van der Waals surface area contributed by atoms with E-state index in [9.17, 15) is 38.2 Å². The van der Waals surface area contributed by atoms with E-state index in [1.807, 2.05) is 0 Å². The third kappa shape index (κ3) is 7.83. The van der Waals surface area contributed by atoms with Gasteiger partial charge in [0.25, 0.3) is 5.69 Å². The monoisotopic (exact) mass is 596 g/mol. The van der Waals surface area contributed by atoms with E-state index in [1.165, 1.54) is 60.7 Å². The van der Waals surface area contributed by atoms with E-state index in [2.05, 4.69) is 0 Å². The normalized spacial score (nSPS) is 11.3. The van der Waals surface area contributed by atoms with Gasteiger partial charge < -0.3 is 0 Å². The molecule has 0 aromatic heterocycles. The second-order valence-corrected chi connectivity index (χ2v) is 10.6. The molecule has 0 heterocycles. The van der Waals surface area contributed by atoms with E-state index in [1.54, 1.807) is 12.1 Å². The van der Waals surface area contributed by atoms with Gasteiger partial charge in [-0.2, -0.15) is 4.39 Å². The molecule has 0 bridgehead atoms. The minimum absolute atomic E-state index is 0.00250. The Morgan fingerprint density at radius 2 is 1.32 bits per heavy atom. The predicted molar refractivity (Wildman–Crippen MR) is 152 cm³/mol. The zero-order chi connectivity index (χ0) is 29.5. The van der Waals surface area contributed by atoms with Crippen LogP contribution in [0.3, 0.4) is 0 Å². The Morgan fingerprint density at radius 3 is 1.90 bits per heavy atom. The van der Waals surface area contributed by atoms with E-state index in [-0.39, 0.29) is 27.5 Å². The molecule has 0 saturated heterocycles. The standard InChI is InChI=1S/C29H19F3N2O5S2/c30-22-7-1-18(2-8-22)16-40-27-12-6-21(15-26(27)34(38)39)29(35)28(41-17-19-3-9-23(31)10-4-19)14-20-5-11-24(32)25(13-20)33(36)37/h1-15H,16-17H2/b28-14+. The highest BCUT2D eigenvalue weighted by atomic mass is 32.2. The first-order valence-electron chi connectivity index (χ1n) is 11.8. The van der Waals surface area contributed by atoms with Gasteiger partial charge in [-0.15, -0.1) is 23.5 Å². The molecule has 0 spiro atoms. The average molecular weight is 597 g/mol. The fourth-order valence-corrected chi connectivity index (χ4v) is 5.58. The van der Waals surface area contributed by atoms with Gasteiger partial charge in [0.15, 0.2) is 5.78 Å². The summed E-state index contributed by atoms with van der Waals surface area (Å²) in [6.45, 7) is 0. The topological polar surface area (TPSA) is 103 Å². The van der Waals surface area contributed by atoms with Crippen molar-refractivity contribution in [2.24, 2.45) is 0 Å². The van der Waals surface area contributed by atoms with Gasteiger partial charge in [0.1, 0.15) is 11.6 Å². The van der Waals surface area contributed by atoms with Crippen LogP contribution in [-0.2, 0) is 11.5 Å². The Hall–Kier alpha value is -4.42. The second kappa shape index (κ2) is 13.3. The van der Waals surface area contributed by atoms with Crippen LogP contribution in [0.15, 0.2) is 94.7 Å². The lowest BCUT2D eigenvalue weighted by molar-refractivity contribution is -0.387. The number of halogens is 3. The molecule has 7 nitrogen and oxygen atoms in total. The summed E-state index contributed by atoms with van der Waals surface area (Å²) >= 11 is 2.20. The first-order valence-corrected chi connectivity index (χ1v) is 13.8. The minimum Gasteiger partial charge on any atom is -0.288 e. The number of ketones is 1. The number of nitrogens with zero attached hydrogens (tertiary/aromatic N) is 2. The van der Waals surface area contributed by atoms with Crippen LogP contribution in [0.25, 0.3) is 6.08 Å². The second-order valence-electron chi connectivity index (χ2n) is 8.58. The molecule has 0 fully saturated rings. The Kier molecular flexibility index (Phi) is 9.58. The summed E-state index contributed by atoms with van der Waals surface area (Å²) in [5, 5.41) is 23.1. The van der Waals surface area contributed by atoms with Crippen molar-refractivity contribution in [3.05, 3.63) is 150 Å². The third-order valence-electron chi connectivity index (χ3n) is 5.72. The van der Waals surface area contributed by atoms with Crippen molar-refractivity contribution in [3.63, 3.8) is 0 Å². The van der Waals surface area contributed by atoms with E-state index in [4.69, 9.17) is 0 Å². The number of Topliss-reactive ketones (excluding diaryl/α,β-unsaturated/α-hetero) is 1. The van der Waals surface area contributed by atoms with Crippen LogP contribution >= 0.6 is 23.5 Å².